The van der Waals surface area contributed by atoms with Crippen LogP contribution in [0.2, 0.25) is 0 Å². The van der Waals surface area contributed by atoms with Gasteiger partial charge in [0, 0.05) is 18.8 Å². The number of fused-ring (bicyclic) bond motifs is 1. The van der Waals surface area contributed by atoms with Crippen molar-refractivity contribution in [1.29, 1.82) is 0 Å². The third-order valence-corrected chi connectivity index (χ3v) is 3.18. The van der Waals surface area contributed by atoms with Crippen molar-refractivity contribution in [2.24, 2.45) is 5.92 Å². The second kappa shape index (κ2) is 5.71. The van der Waals surface area contributed by atoms with Gasteiger partial charge in [0.1, 0.15) is 0 Å². The largest absolute Gasteiger partial charge is 0.384 e. The van der Waals surface area contributed by atoms with E-state index in [4.69, 9.17) is 0 Å². The lowest BCUT2D eigenvalue weighted by Gasteiger charge is -2.25. The number of nitrogens with one attached hydrogen (secondary N) is 2. The van der Waals surface area contributed by atoms with Gasteiger partial charge in [0.2, 0.25) is 5.91 Å². The number of carbonyl (C=O) groups excluding carboxylic acids is 1. The minimum Gasteiger partial charge on any atom is -0.384 e. The lowest BCUT2D eigenvalue weighted by atomic mass is 9.93. The van der Waals surface area contributed by atoms with Gasteiger partial charge in [-0.1, -0.05) is 29.8 Å². The van der Waals surface area contributed by atoms with Crippen LogP contribution in [0.4, 0.5) is 5.69 Å². The zero-order valence-corrected chi connectivity index (χ0v) is 11.0. The van der Waals surface area contributed by atoms with Crippen molar-refractivity contribution >= 4 is 11.6 Å². The Hall–Kier alpha value is -1.77. The molecule has 1 aromatic rings. The zero-order chi connectivity index (χ0) is 13.0. The fourth-order valence-corrected chi connectivity index (χ4v) is 2.13. The van der Waals surface area contributed by atoms with Crippen LogP contribution < -0.4 is 10.6 Å². The van der Waals surface area contributed by atoms with Crippen LogP contribution in [-0.2, 0) is 11.2 Å². The molecule has 2 N–H and O–H groups in total. The number of hydrogen-bond acceptors (Lipinski definition) is 2. The number of allylic oxidation sites excluding steroid dienone is 1. The van der Waals surface area contributed by atoms with Crippen molar-refractivity contribution in [3.8, 4) is 0 Å². The molecule has 1 aromatic carbocycles. The standard InChI is InChI=1S/C15H20N2O/c1-11(2)7-8-16-15(18)13-9-12-5-3-4-6-14(12)17-10-13/h3-7,13,17H,8-10H2,1-2H3,(H,16,18). The molecular weight excluding hydrogens is 224 g/mol. The molecule has 1 heterocycles. The molecule has 0 radical (unpaired) electrons. The van der Waals surface area contributed by atoms with Gasteiger partial charge in [-0.25, -0.2) is 0 Å². The fraction of sp³-hybridized carbons (Fsp3) is 0.400. The molecule has 0 aromatic heterocycles. The van der Waals surface area contributed by atoms with Crippen LogP contribution in [-0.4, -0.2) is 19.0 Å². The predicted octanol–water partition coefficient (Wildman–Crippen LogP) is 2.35. The summed E-state index contributed by atoms with van der Waals surface area (Å²) >= 11 is 0. The van der Waals surface area contributed by atoms with Crippen LogP contribution in [0.25, 0.3) is 0 Å². The first kappa shape index (κ1) is 12.7. The Morgan fingerprint density at radius 3 is 3.00 bits per heavy atom. The highest BCUT2D eigenvalue weighted by Crippen LogP contribution is 2.24. The maximum atomic E-state index is 12.0. The minimum atomic E-state index is 0.0328. The van der Waals surface area contributed by atoms with Crippen LogP contribution in [0.3, 0.4) is 0 Å². The van der Waals surface area contributed by atoms with Crippen molar-refractivity contribution in [2.75, 3.05) is 18.4 Å². The Balaban J connectivity index is 1.92. The number of amides is 1. The summed E-state index contributed by atoms with van der Waals surface area (Å²) < 4.78 is 0. The summed E-state index contributed by atoms with van der Waals surface area (Å²) in [5, 5.41) is 6.28. The van der Waals surface area contributed by atoms with Crippen LogP contribution in [0.1, 0.15) is 19.4 Å². The molecule has 1 unspecified atom stereocenters. The van der Waals surface area contributed by atoms with E-state index in [1.807, 2.05) is 32.1 Å². The molecule has 2 rings (SSSR count). The average molecular weight is 244 g/mol. The molecule has 3 heteroatoms. The van der Waals surface area contributed by atoms with Gasteiger partial charge in [-0.3, -0.25) is 4.79 Å². The Kier molecular flexibility index (Phi) is 4.03. The molecule has 0 saturated heterocycles. The van der Waals surface area contributed by atoms with Crippen molar-refractivity contribution in [2.45, 2.75) is 20.3 Å². The first-order valence-corrected chi connectivity index (χ1v) is 6.39. The fourth-order valence-electron chi connectivity index (χ4n) is 2.13. The lowest BCUT2D eigenvalue weighted by molar-refractivity contribution is -0.124. The maximum absolute atomic E-state index is 12.0. The number of para-hydroxylation sites is 1. The number of anilines is 1. The third-order valence-electron chi connectivity index (χ3n) is 3.18. The Morgan fingerprint density at radius 2 is 2.22 bits per heavy atom. The molecular formula is C15H20N2O. The lowest BCUT2D eigenvalue weighted by Crippen LogP contribution is -2.38. The quantitative estimate of drug-likeness (QED) is 0.801. The first-order chi connectivity index (χ1) is 8.66. The number of rotatable bonds is 3. The Labute approximate surface area is 108 Å². The van der Waals surface area contributed by atoms with E-state index in [-0.39, 0.29) is 11.8 Å². The summed E-state index contributed by atoms with van der Waals surface area (Å²) in [4.78, 5) is 12.0. The highest BCUT2D eigenvalue weighted by atomic mass is 16.1. The predicted molar refractivity (Wildman–Crippen MR) is 74.6 cm³/mol. The van der Waals surface area contributed by atoms with Gasteiger partial charge in [0.25, 0.3) is 0 Å². The molecule has 1 atom stereocenters. The Morgan fingerprint density at radius 1 is 1.44 bits per heavy atom. The second-order valence-corrected chi connectivity index (χ2v) is 4.97. The molecule has 1 aliphatic heterocycles. The summed E-state index contributed by atoms with van der Waals surface area (Å²) in [5.41, 5.74) is 3.61. The molecule has 0 bridgehead atoms. The highest BCUT2D eigenvalue weighted by molar-refractivity contribution is 5.81. The molecule has 0 saturated carbocycles. The highest BCUT2D eigenvalue weighted by Gasteiger charge is 2.23. The van der Waals surface area contributed by atoms with Gasteiger partial charge in [-0.05, 0) is 31.9 Å². The van der Waals surface area contributed by atoms with E-state index < -0.39 is 0 Å². The summed E-state index contributed by atoms with van der Waals surface area (Å²) in [6, 6.07) is 8.18. The second-order valence-electron chi connectivity index (χ2n) is 4.97. The molecule has 96 valence electrons. The van der Waals surface area contributed by atoms with Crippen molar-refractivity contribution < 1.29 is 4.79 Å². The van der Waals surface area contributed by atoms with Gasteiger partial charge in [0.05, 0.1) is 5.92 Å². The van der Waals surface area contributed by atoms with E-state index in [0.29, 0.717) is 6.54 Å². The van der Waals surface area contributed by atoms with Crippen LogP contribution in [0, 0.1) is 5.92 Å². The summed E-state index contributed by atoms with van der Waals surface area (Å²) in [7, 11) is 0. The summed E-state index contributed by atoms with van der Waals surface area (Å²) in [6.07, 6.45) is 2.85. The van der Waals surface area contributed by atoms with Gasteiger partial charge in [0.15, 0.2) is 0 Å². The molecule has 0 spiro atoms. The smallest absolute Gasteiger partial charge is 0.225 e. The average Bonchev–Trinajstić information content (AvgIpc) is 2.37. The summed E-state index contributed by atoms with van der Waals surface area (Å²) in [5.74, 6) is 0.167. The molecule has 18 heavy (non-hydrogen) atoms. The van der Waals surface area contributed by atoms with E-state index in [1.165, 1.54) is 11.1 Å². The molecule has 0 fully saturated rings. The van der Waals surface area contributed by atoms with E-state index in [1.54, 1.807) is 0 Å². The van der Waals surface area contributed by atoms with Crippen molar-refractivity contribution in [3.05, 3.63) is 41.5 Å². The topological polar surface area (TPSA) is 41.1 Å². The van der Waals surface area contributed by atoms with Crippen LogP contribution in [0.5, 0.6) is 0 Å². The van der Waals surface area contributed by atoms with Crippen molar-refractivity contribution in [3.63, 3.8) is 0 Å². The van der Waals surface area contributed by atoms with E-state index in [0.717, 1.165) is 18.7 Å². The first-order valence-electron chi connectivity index (χ1n) is 6.39. The van der Waals surface area contributed by atoms with E-state index in [9.17, 15) is 4.79 Å². The van der Waals surface area contributed by atoms with Gasteiger partial charge >= 0.3 is 0 Å². The van der Waals surface area contributed by atoms with E-state index in [2.05, 4.69) is 22.8 Å². The zero-order valence-electron chi connectivity index (χ0n) is 11.0. The minimum absolute atomic E-state index is 0.0328. The number of carbonyl (C=O) groups is 1. The molecule has 1 aliphatic rings. The van der Waals surface area contributed by atoms with Gasteiger partial charge in [-0.15, -0.1) is 0 Å². The van der Waals surface area contributed by atoms with Gasteiger partial charge in [-0.2, -0.15) is 0 Å². The van der Waals surface area contributed by atoms with Gasteiger partial charge < -0.3 is 10.6 Å². The summed E-state index contributed by atoms with van der Waals surface area (Å²) in [6.45, 7) is 5.41. The molecule has 1 amide bonds. The SMILES string of the molecule is CC(C)=CCNC(=O)C1CNc2ccccc2C1. The number of benzene rings is 1. The Bertz CT molecular complexity index is 461. The maximum Gasteiger partial charge on any atom is 0.225 e. The van der Waals surface area contributed by atoms with Crippen molar-refractivity contribution in [1.82, 2.24) is 5.32 Å². The normalized spacial score (nSPS) is 17.3. The van der Waals surface area contributed by atoms with Crippen LogP contribution >= 0.6 is 0 Å². The molecule has 3 nitrogen and oxygen atoms in total. The monoisotopic (exact) mass is 244 g/mol. The van der Waals surface area contributed by atoms with E-state index >= 15 is 0 Å². The molecule has 0 aliphatic carbocycles. The van der Waals surface area contributed by atoms with Crippen LogP contribution in [0.15, 0.2) is 35.9 Å². The number of hydrogen-bond donors (Lipinski definition) is 2. The third kappa shape index (κ3) is 3.13.